The van der Waals surface area contributed by atoms with Crippen molar-refractivity contribution < 1.29 is 14.4 Å². The summed E-state index contributed by atoms with van der Waals surface area (Å²) in [5.74, 6) is -0.148. The number of aromatic amines is 1. The van der Waals surface area contributed by atoms with Gasteiger partial charge in [-0.1, -0.05) is 37.2 Å². The van der Waals surface area contributed by atoms with E-state index in [0.717, 1.165) is 35.7 Å². The maximum atomic E-state index is 12.8. The minimum atomic E-state index is -0.662. The summed E-state index contributed by atoms with van der Waals surface area (Å²) in [5.41, 5.74) is 2.28. The Balaban J connectivity index is 1.66. The number of H-pyrrole nitrogens is 1. The van der Waals surface area contributed by atoms with Crippen LogP contribution in [0.5, 0.6) is 0 Å². The topological polar surface area (TPSA) is 99.5 Å². The molecule has 1 amide bonds. The van der Waals surface area contributed by atoms with Crippen LogP contribution in [0.2, 0.25) is 0 Å². The summed E-state index contributed by atoms with van der Waals surface area (Å²) in [6.07, 6.45) is 5.15. The highest BCUT2D eigenvalue weighted by molar-refractivity contribution is 6.38. The molecule has 2 N–H and O–H groups in total. The lowest BCUT2D eigenvalue weighted by Gasteiger charge is -2.21. The number of amides is 1. The molecule has 154 valence electrons. The van der Waals surface area contributed by atoms with Crippen LogP contribution < -0.4 is 5.32 Å². The van der Waals surface area contributed by atoms with E-state index in [9.17, 15) is 10.1 Å². The second-order valence-corrected chi connectivity index (χ2v) is 7.76. The van der Waals surface area contributed by atoms with Crippen molar-refractivity contribution in [1.29, 1.82) is 5.26 Å². The highest BCUT2D eigenvalue weighted by Crippen LogP contribution is 2.19. The van der Waals surface area contributed by atoms with Crippen molar-refractivity contribution in [3.8, 4) is 6.07 Å². The molecular formula is C22H28N4O3. The first-order valence-corrected chi connectivity index (χ1v) is 10.2. The maximum Gasteiger partial charge on any atom is 0.270 e. The number of rotatable bonds is 8. The summed E-state index contributed by atoms with van der Waals surface area (Å²) >= 11 is 0. The third kappa shape index (κ3) is 5.81. The van der Waals surface area contributed by atoms with E-state index in [1.807, 2.05) is 44.3 Å². The number of para-hydroxylation sites is 1. The number of aromatic nitrogens is 1. The Hall–Kier alpha value is -2.85. The Bertz CT molecular complexity index is 891. The highest BCUT2D eigenvalue weighted by Gasteiger charge is 2.21. The fraction of sp³-hybridized carbons (Fsp3) is 0.500. The van der Waals surface area contributed by atoms with Crippen molar-refractivity contribution in [3.05, 3.63) is 36.0 Å². The van der Waals surface area contributed by atoms with Crippen LogP contribution in [0.4, 0.5) is 0 Å². The van der Waals surface area contributed by atoms with E-state index < -0.39 is 12.3 Å². The van der Waals surface area contributed by atoms with Gasteiger partial charge in [-0.2, -0.15) is 5.26 Å². The summed E-state index contributed by atoms with van der Waals surface area (Å²) in [4.78, 5) is 21.5. The fourth-order valence-corrected chi connectivity index (χ4v) is 3.37. The van der Waals surface area contributed by atoms with E-state index >= 15 is 0 Å². The summed E-state index contributed by atoms with van der Waals surface area (Å²) in [6.45, 7) is 4.66. The quantitative estimate of drug-likeness (QED) is 0.525. The van der Waals surface area contributed by atoms with Gasteiger partial charge in [-0.05, 0) is 30.4 Å². The lowest BCUT2D eigenvalue weighted by atomic mass is 10.0. The van der Waals surface area contributed by atoms with Crippen LogP contribution in [0.15, 0.2) is 35.6 Å². The molecule has 2 aromatic rings. The molecule has 2 unspecified atom stereocenters. The molecule has 7 nitrogen and oxygen atoms in total. The number of fused-ring (bicyclic) bond motifs is 1. The Morgan fingerprint density at radius 2 is 2.24 bits per heavy atom. The maximum absolute atomic E-state index is 12.8. The van der Waals surface area contributed by atoms with Crippen LogP contribution in [0, 0.1) is 17.2 Å². The lowest BCUT2D eigenvalue weighted by Crippen LogP contribution is -2.40. The number of nitrogens with one attached hydrogen (secondary N) is 2. The summed E-state index contributed by atoms with van der Waals surface area (Å²) < 4.78 is 5.51. The molecule has 1 fully saturated rings. The van der Waals surface area contributed by atoms with Gasteiger partial charge in [-0.25, -0.2) is 0 Å². The van der Waals surface area contributed by atoms with Crippen LogP contribution >= 0.6 is 0 Å². The van der Waals surface area contributed by atoms with Crippen molar-refractivity contribution in [3.63, 3.8) is 0 Å². The van der Waals surface area contributed by atoms with E-state index in [4.69, 9.17) is 9.57 Å². The highest BCUT2D eigenvalue weighted by atomic mass is 16.8. The van der Waals surface area contributed by atoms with E-state index in [2.05, 4.69) is 21.5 Å². The van der Waals surface area contributed by atoms with Crippen LogP contribution in [-0.2, 0) is 20.8 Å². The number of nitriles is 1. The SMILES string of the molecule is CC(C)CC(=NOC1CCCCO1)C(=O)NC(C#N)Cc1c[nH]c2ccccc12. The van der Waals surface area contributed by atoms with Crippen molar-refractivity contribution in [1.82, 2.24) is 10.3 Å². The number of benzene rings is 1. The number of hydrogen-bond donors (Lipinski definition) is 2. The molecule has 0 saturated carbocycles. The Labute approximate surface area is 171 Å². The normalized spacial score (nSPS) is 18.4. The lowest BCUT2D eigenvalue weighted by molar-refractivity contribution is -0.162. The van der Waals surface area contributed by atoms with E-state index in [-0.39, 0.29) is 17.5 Å². The first kappa shape index (κ1) is 20.9. The zero-order valence-electron chi connectivity index (χ0n) is 17.0. The molecular weight excluding hydrogens is 368 g/mol. The second-order valence-electron chi connectivity index (χ2n) is 7.76. The van der Waals surface area contributed by atoms with Crippen molar-refractivity contribution in [2.75, 3.05) is 6.61 Å². The number of oxime groups is 1. The van der Waals surface area contributed by atoms with Gasteiger partial charge in [-0.15, -0.1) is 0 Å². The van der Waals surface area contributed by atoms with Gasteiger partial charge >= 0.3 is 0 Å². The Kier molecular flexibility index (Phi) is 7.25. The molecule has 1 saturated heterocycles. The summed E-state index contributed by atoms with van der Waals surface area (Å²) in [7, 11) is 0. The van der Waals surface area contributed by atoms with Crippen molar-refractivity contribution in [2.24, 2.45) is 11.1 Å². The number of nitrogens with zero attached hydrogens (tertiary/aromatic N) is 2. The molecule has 2 atom stereocenters. The van der Waals surface area contributed by atoms with Gasteiger partial charge < -0.3 is 19.9 Å². The smallest absolute Gasteiger partial charge is 0.270 e. The van der Waals surface area contributed by atoms with Crippen molar-refractivity contribution in [2.45, 2.75) is 58.3 Å². The van der Waals surface area contributed by atoms with Crippen LogP contribution in [0.25, 0.3) is 10.9 Å². The van der Waals surface area contributed by atoms with Gasteiger partial charge in [0.05, 0.1) is 12.7 Å². The summed E-state index contributed by atoms with van der Waals surface area (Å²) in [5, 5.41) is 17.5. The van der Waals surface area contributed by atoms with E-state index in [0.29, 0.717) is 19.4 Å². The van der Waals surface area contributed by atoms with E-state index in [1.165, 1.54) is 0 Å². The Morgan fingerprint density at radius 1 is 1.41 bits per heavy atom. The molecule has 29 heavy (non-hydrogen) atoms. The third-order valence-corrected chi connectivity index (χ3v) is 4.84. The zero-order valence-corrected chi connectivity index (χ0v) is 17.0. The summed E-state index contributed by atoms with van der Waals surface area (Å²) in [6, 6.07) is 9.42. The van der Waals surface area contributed by atoms with Crippen LogP contribution in [-0.4, -0.2) is 35.5 Å². The third-order valence-electron chi connectivity index (χ3n) is 4.84. The molecule has 1 aromatic carbocycles. The number of carbonyl (C=O) groups is 1. The number of hydrogen-bond acceptors (Lipinski definition) is 5. The number of carbonyl (C=O) groups excluding carboxylic acids is 1. The predicted molar refractivity (Wildman–Crippen MR) is 111 cm³/mol. The largest absolute Gasteiger partial charge is 0.363 e. The molecule has 0 radical (unpaired) electrons. The molecule has 7 heteroatoms. The minimum absolute atomic E-state index is 0.226. The standard InChI is InChI=1S/C22H28N4O3/c1-15(2)11-20(26-29-21-9-5-6-10-28-21)22(27)25-17(13-23)12-16-14-24-19-8-4-3-7-18(16)19/h3-4,7-8,14-15,17,21,24H,5-6,9-12H2,1-2H3,(H,25,27). The molecule has 1 aliphatic rings. The molecule has 0 bridgehead atoms. The molecule has 2 heterocycles. The molecule has 1 aliphatic heterocycles. The minimum Gasteiger partial charge on any atom is -0.363 e. The van der Waals surface area contributed by atoms with Gasteiger partial charge in [-0.3, -0.25) is 4.79 Å². The molecule has 0 spiro atoms. The second kappa shape index (κ2) is 10.1. The first-order chi connectivity index (χ1) is 14.1. The van der Waals surface area contributed by atoms with Crippen LogP contribution in [0.3, 0.4) is 0 Å². The van der Waals surface area contributed by atoms with Gasteiger partial charge in [0.2, 0.25) is 6.29 Å². The van der Waals surface area contributed by atoms with Crippen molar-refractivity contribution >= 4 is 22.5 Å². The average Bonchev–Trinajstić information content (AvgIpc) is 3.14. The van der Waals surface area contributed by atoms with E-state index in [1.54, 1.807) is 0 Å². The monoisotopic (exact) mass is 396 g/mol. The molecule has 0 aliphatic carbocycles. The molecule has 1 aromatic heterocycles. The fourth-order valence-electron chi connectivity index (χ4n) is 3.37. The van der Waals surface area contributed by atoms with Gasteiger partial charge in [0.25, 0.3) is 5.91 Å². The van der Waals surface area contributed by atoms with Crippen LogP contribution in [0.1, 0.15) is 45.1 Å². The average molecular weight is 396 g/mol. The first-order valence-electron chi connectivity index (χ1n) is 10.2. The Morgan fingerprint density at radius 3 is 2.97 bits per heavy atom. The molecule has 3 rings (SSSR count). The predicted octanol–water partition coefficient (Wildman–Crippen LogP) is 3.66. The zero-order chi connectivity index (χ0) is 20.6. The van der Waals surface area contributed by atoms with Gasteiger partial charge in [0, 0.05) is 36.4 Å². The number of ether oxygens (including phenoxy) is 1. The van der Waals surface area contributed by atoms with Gasteiger partial charge in [0.15, 0.2) is 0 Å². The van der Waals surface area contributed by atoms with Gasteiger partial charge in [0.1, 0.15) is 11.8 Å².